The van der Waals surface area contributed by atoms with E-state index >= 15 is 0 Å². The largest absolute Gasteiger partial charge is 0.325 e. The maximum absolute atomic E-state index is 12.9. The highest BCUT2D eigenvalue weighted by Gasteiger charge is 2.20. The molecule has 8 nitrogen and oxygen atoms in total. The first-order chi connectivity index (χ1) is 14.3. The predicted molar refractivity (Wildman–Crippen MR) is 118 cm³/mol. The van der Waals surface area contributed by atoms with Gasteiger partial charge in [-0.2, -0.15) is 0 Å². The molecule has 1 N–H and O–H groups in total. The van der Waals surface area contributed by atoms with E-state index in [9.17, 15) is 19.7 Å². The number of nitrogens with one attached hydrogen (secondary N) is 1. The molecule has 3 rings (SSSR count). The molecular weight excluding hydrogens is 428 g/mol. The van der Waals surface area contributed by atoms with Crippen LogP contribution in [-0.2, 0) is 11.3 Å². The van der Waals surface area contributed by atoms with Gasteiger partial charge < -0.3 is 5.32 Å². The van der Waals surface area contributed by atoms with Crippen molar-refractivity contribution in [2.24, 2.45) is 0 Å². The van der Waals surface area contributed by atoms with E-state index in [0.717, 1.165) is 18.2 Å². The van der Waals surface area contributed by atoms with Crippen molar-refractivity contribution in [3.05, 3.63) is 68.0 Å². The number of nitro benzene ring substituents is 1. The molecule has 0 radical (unpaired) electrons. The third-order valence-electron chi connectivity index (χ3n) is 4.31. The lowest BCUT2D eigenvalue weighted by Crippen LogP contribution is -2.27. The highest BCUT2D eigenvalue weighted by atomic mass is 35.5. The van der Waals surface area contributed by atoms with Gasteiger partial charge in [-0.1, -0.05) is 36.4 Å². The van der Waals surface area contributed by atoms with Crippen LogP contribution < -0.4 is 10.9 Å². The number of nitro groups is 1. The number of anilines is 1. The minimum atomic E-state index is -0.601. The Morgan fingerprint density at radius 2 is 2.10 bits per heavy atom. The van der Waals surface area contributed by atoms with Gasteiger partial charge >= 0.3 is 0 Å². The van der Waals surface area contributed by atoms with Crippen LogP contribution in [-0.4, -0.2) is 25.6 Å². The minimum absolute atomic E-state index is 0.113. The molecule has 0 aliphatic carbocycles. The third kappa shape index (κ3) is 4.80. The van der Waals surface area contributed by atoms with Gasteiger partial charge in [0.05, 0.1) is 21.1 Å². The van der Waals surface area contributed by atoms with E-state index in [4.69, 9.17) is 11.6 Å². The predicted octanol–water partition coefficient (Wildman–Crippen LogP) is 4.49. The van der Waals surface area contributed by atoms with Gasteiger partial charge in [-0.25, -0.2) is 4.98 Å². The average molecular weight is 447 g/mol. The number of benzene rings is 2. The second kappa shape index (κ2) is 9.27. The smallest absolute Gasteiger partial charge is 0.271 e. The number of carbonyl (C=O) groups is 1. The van der Waals surface area contributed by atoms with Crippen LogP contribution in [0.15, 0.2) is 52.4 Å². The molecule has 0 fully saturated rings. The van der Waals surface area contributed by atoms with Crippen molar-refractivity contribution in [1.82, 2.24) is 9.55 Å². The third-order valence-corrected chi connectivity index (χ3v) is 5.63. The molecule has 3 aromatic rings. The lowest BCUT2D eigenvalue weighted by Gasteiger charge is -2.16. The van der Waals surface area contributed by atoms with E-state index in [1.807, 2.05) is 6.92 Å². The zero-order chi connectivity index (χ0) is 21.8. The van der Waals surface area contributed by atoms with Crippen LogP contribution >= 0.6 is 23.4 Å². The van der Waals surface area contributed by atoms with Crippen molar-refractivity contribution in [3.8, 4) is 0 Å². The number of aromatic nitrogens is 2. The van der Waals surface area contributed by atoms with E-state index in [2.05, 4.69) is 10.3 Å². The van der Waals surface area contributed by atoms with Crippen LogP contribution in [0, 0.1) is 10.1 Å². The number of hydrogen-bond donors (Lipinski definition) is 1. The molecule has 0 unspecified atom stereocenters. The summed E-state index contributed by atoms with van der Waals surface area (Å²) >= 11 is 7.18. The first kappa shape index (κ1) is 21.8. The van der Waals surface area contributed by atoms with Crippen molar-refractivity contribution < 1.29 is 9.72 Å². The van der Waals surface area contributed by atoms with Gasteiger partial charge in [-0.3, -0.25) is 24.3 Å². The molecule has 1 amide bonds. The lowest BCUT2D eigenvalue weighted by molar-refractivity contribution is -0.384. The molecule has 0 bridgehead atoms. The molecule has 0 saturated carbocycles. The van der Waals surface area contributed by atoms with E-state index in [-0.39, 0.29) is 17.2 Å². The number of fused-ring (bicyclic) bond motifs is 1. The van der Waals surface area contributed by atoms with Crippen molar-refractivity contribution in [3.63, 3.8) is 0 Å². The lowest BCUT2D eigenvalue weighted by atomic mass is 10.2. The zero-order valence-electron chi connectivity index (χ0n) is 16.3. The molecule has 1 aromatic heterocycles. The normalized spacial score (nSPS) is 12.0. The first-order valence-electron chi connectivity index (χ1n) is 9.22. The summed E-state index contributed by atoms with van der Waals surface area (Å²) in [5.74, 6) is -0.357. The Hall–Kier alpha value is -2.91. The number of amides is 1. The molecule has 0 saturated heterocycles. The summed E-state index contributed by atoms with van der Waals surface area (Å²) in [5.41, 5.74) is 0.491. The number of halogens is 1. The molecular formula is C20H19ClN4O4S. The fourth-order valence-corrected chi connectivity index (χ4v) is 3.94. The summed E-state index contributed by atoms with van der Waals surface area (Å²) in [6, 6.07) is 10.6. The van der Waals surface area contributed by atoms with Gasteiger partial charge in [-0.05, 0) is 37.6 Å². The SMILES string of the molecule is CCCn1c(S[C@@H](C)C(=O)Nc2cccc([N+](=O)[O-])c2)nc2cc(Cl)ccc2c1=O. The van der Waals surface area contributed by atoms with Gasteiger partial charge in [0, 0.05) is 29.4 Å². The summed E-state index contributed by atoms with van der Waals surface area (Å²) in [6.07, 6.45) is 0.725. The highest BCUT2D eigenvalue weighted by Crippen LogP contribution is 2.25. The van der Waals surface area contributed by atoms with E-state index in [0.29, 0.717) is 33.3 Å². The Balaban J connectivity index is 1.88. The van der Waals surface area contributed by atoms with E-state index in [1.165, 1.54) is 18.2 Å². The molecule has 30 heavy (non-hydrogen) atoms. The Morgan fingerprint density at radius 3 is 2.80 bits per heavy atom. The fourth-order valence-electron chi connectivity index (χ4n) is 2.84. The summed E-state index contributed by atoms with van der Waals surface area (Å²) in [7, 11) is 0. The number of carbonyl (C=O) groups excluding carboxylic acids is 1. The summed E-state index contributed by atoms with van der Waals surface area (Å²) in [5, 5.41) is 14.3. The minimum Gasteiger partial charge on any atom is -0.325 e. The average Bonchev–Trinajstić information content (AvgIpc) is 2.70. The Labute approximate surface area is 181 Å². The van der Waals surface area contributed by atoms with Gasteiger partial charge in [0.15, 0.2) is 5.16 Å². The van der Waals surface area contributed by atoms with Crippen LogP contribution in [0.25, 0.3) is 10.9 Å². The maximum Gasteiger partial charge on any atom is 0.271 e. The first-order valence-corrected chi connectivity index (χ1v) is 10.5. The quantitative estimate of drug-likeness (QED) is 0.248. The number of thioether (sulfide) groups is 1. The van der Waals surface area contributed by atoms with Gasteiger partial charge in [-0.15, -0.1) is 0 Å². The molecule has 2 aromatic carbocycles. The number of rotatable bonds is 7. The zero-order valence-corrected chi connectivity index (χ0v) is 17.9. The highest BCUT2D eigenvalue weighted by molar-refractivity contribution is 8.00. The van der Waals surface area contributed by atoms with Gasteiger partial charge in [0.25, 0.3) is 11.2 Å². The molecule has 0 spiro atoms. The van der Waals surface area contributed by atoms with Gasteiger partial charge in [0.2, 0.25) is 5.91 Å². The van der Waals surface area contributed by atoms with Crippen LogP contribution in [0.1, 0.15) is 20.3 Å². The summed E-state index contributed by atoms with van der Waals surface area (Å²) in [4.78, 5) is 40.5. The Bertz CT molecular complexity index is 1180. The van der Waals surface area contributed by atoms with Crippen LogP contribution in [0.2, 0.25) is 5.02 Å². The number of non-ortho nitro benzene ring substituents is 1. The van der Waals surface area contributed by atoms with E-state index in [1.54, 1.807) is 35.8 Å². The fraction of sp³-hybridized carbons (Fsp3) is 0.250. The molecule has 0 aliphatic rings. The second-order valence-electron chi connectivity index (χ2n) is 6.57. The Kier molecular flexibility index (Phi) is 6.73. The van der Waals surface area contributed by atoms with Crippen molar-refractivity contribution >= 4 is 51.5 Å². The Morgan fingerprint density at radius 1 is 1.33 bits per heavy atom. The molecule has 10 heteroatoms. The van der Waals surface area contributed by atoms with Crippen molar-refractivity contribution in [1.29, 1.82) is 0 Å². The van der Waals surface area contributed by atoms with Crippen LogP contribution in [0.4, 0.5) is 11.4 Å². The van der Waals surface area contributed by atoms with Crippen LogP contribution in [0.3, 0.4) is 0 Å². The van der Waals surface area contributed by atoms with Crippen LogP contribution in [0.5, 0.6) is 0 Å². The van der Waals surface area contributed by atoms with Crippen molar-refractivity contribution in [2.45, 2.75) is 37.2 Å². The molecule has 1 heterocycles. The number of nitrogens with zero attached hydrogens (tertiary/aromatic N) is 3. The summed E-state index contributed by atoms with van der Waals surface area (Å²) < 4.78 is 1.55. The molecule has 1 atom stereocenters. The monoisotopic (exact) mass is 446 g/mol. The molecule has 156 valence electrons. The standard InChI is InChI=1S/C20H19ClN4O4S/c1-3-9-24-19(27)16-8-7-13(21)10-17(16)23-20(24)30-12(2)18(26)22-14-5-4-6-15(11-14)25(28)29/h4-8,10-12H,3,9H2,1-2H3,(H,22,26)/t12-/m0/s1. The van der Waals surface area contributed by atoms with Crippen molar-refractivity contribution in [2.75, 3.05) is 5.32 Å². The van der Waals surface area contributed by atoms with E-state index < -0.39 is 10.2 Å². The second-order valence-corrected chi connectivity index (χ2v) is 8.31. The summed E-state index contributed by atoms with van der Waals surface area (Å²) in [6.45, 7) is 4.10. The van der Waals surface area contributed by atoms with Gasteiger partial charge in [0.1, 0.15) is 0 Å². The maximum atomic E-state index is 12.9. The topological polar surface area (TPSA) is 107 Å². The number of hydrogen-bond acceptors (Lipinski definition) is 6. The molecule has 0 aliphatic heterocycles.